The molecule has 0 spiro atoms. The van der Waals surface area contributed by atoms with Gasteiger partial charge in [-0.05, 0) is 62.0 Å². The molecule has 0 aromatic heterocycles. The van der Waals surface area contributed by atoms with Crippen LogP contribution in [-0.4, -0.2) is 28.7 Å². The van der Waals surface area contributed by atoms with Crippen molar-refractivity contribution in [2.45, 2.75) is 33.2 Å². The maximum Gasteiger partial charge on any atom is 0.334 e. The van der Waals surface area contributed by atoms with Crippen LogP contribution < -0.4 is 4.74 Å². The number of allylic oxidation sites excluding steroid dienone is 2. The first-order valence-electron chi connectivity index (χ1n) is 9.73. The van der Waals surface area contributed by atoms with Crippen LogP contribution in [0.2, 0.25) is 0 Å². The van der Waals surface area contributed by atoms with Gasteiger partial charge in [-0.2, -0.15) is 0 Å². The van der Waals surface area contributed by atoms with Crippen molar-refractivity contribution >= 4 is 17.8 Å². The number of hydrogen-bond donors (Lipinski definition) is 0. The van der Waals surface area contributed by atoms with Gasteiger partial charge in [0.25, 0.3) is 0 Å². The van der Waals surface area contributed by atoms with Gasteiger partial charge in [0.1, 0.15) is 11.8 Å². The number of ether oxygens (including phenoxy) is 1. The van der Waals surface area contributed by atoms with Crippen LogP contribution in [0.1, 0.15) is 24.5 Å². The number of rotatable bonds is 3. The minimum atomic E-state index is -0.912. The van der Waals surface area contributed by atoms with E-state index in [4.69, 9.17) is 4.74 Å². The van der Waals surface area contributed by atoms with Gasteiger partial charge in [0, 0.05) is 0 Å². The van der Waals surface area contributed by atoms with Gasteiger partial charge in [-0.1, -0.05) is 30.4 Å². The van der Waals surface area contributed by atoms with Crippen LogP contribution in [0.25, 0.3) is 0 Å². The van der Waals surface area contributed by atoms with Crippen LogP contribution in [0.4, 0.5) is 0 Å². The van der Waals surface area contributed by atoms with E-state index in [1.807, 2.05) is 32.0 Å². The lowest BCUT2D eigenvalue weighted by molar-refractivity contribution is -0.152. The highest BCUT2D eigenvalue weighted by Crippen LogP contribution is 2.65. The maximum atomic E-state index is 13.1. The fourth-order valence-corrected chi connectivity index (χ4v) is 5.61. The summed E-state index contributed by atoms with van der Waals surface area (Å²) in [5, 5.41) is 0. The third kappa shape index (κ3) is 2.20. The molecule has 0 radical (unpaired) electrons. The Bertz CT molecular complexity index is 847. The van der Waals surface area contributed by atoms with Crippen molar-refractivity contribution in [1.29, 1.82) is 0 Å². The molecule has 27 heavy (non-hydrogen) atoms. The van der Waals surface area contributed by atoms with Crippen LogP contribution in [0.15, 0.2) is 30.4 Å². The minimum Gasteiger partial charge on any atom is -0.424 e. The second-order valence-corrected chi connectivity index (χ2v) is 8.52. The number of benzene rings is 1. The predicted molar refractivity (Wildman–Crippen MR) is 97.6 cm³/mol. The highest BCUT2D eigenvalue weighted by atomic mass is 16.5. The molecule has 2 amide bonds. The molecule has 0 N–H and O–H groups in total. The Labute approximate surface area is 158 Å². The molecular weight excluding hydrogens is 342 g/mol. The largest absolute Gasteiger partial charge is 0.424 e. The molecule has 7 atom stereocenters. The Balaban J connectivity index is 1.40. The van der Waals surface area contributed by atoms with Crippen molar-refractivity contribution < 1.29 is 19.1 Å². The quantitative estimate of drug-likeness (QED) is 0.358. The van der Waals surface area contributed by atoms with Crippen LogP contribution in [-0.2, 0) is 14.4 Å². The molecule has 0 unspecified atom stereocenters. The lowest BCUT2D eigenvalue weighted by Gasteiger charge is -2.37. The van der Waals surface area contributed by atoms with E-state index in [-0.39, 0.29) is 35.5 Å². The number of nitrogens with zero attached hydrogens (tertiary/aromatic N) is 1. The Morgan fingerprint density at radius 1 is 1.04 bits per heavy atom. The molecule has 4 aliphatic carbocycles. The van der Waals surface area contributed by atoms with Gasteiger partial charge in [-0.3, -0.25) is 14.5 Å². The number of carbonyl (C=O) groups excluding carboxylic acids is 3. The molecule has 1 aromatic carbocycles. The van der Waals surface area contributed by atoms with Gasteiger partial charge >= 0.3 is 5.97 Å². The van der Waals surface area contributed by atoms with Crippen molar-refractivity contribution in [2.24, 2.45) is 35.5 Å². The lowest BCUT2D eigenvalue weighted by atomic mass is 9.63. The van der Waals surface area contributed by atoms with Gasteiger partial charge in [-0.15, -0.1) is 0 Å². The Hall–Kier alpha value is -2.43. The zero-order valence-corrected chi connectivity index (χ0v) is 15.7. The molecule has 5 aliphatic rings. The number of imide groups is 1. The summed E-state index contributed by atoms with van der Waals surface area (Å²) in [7, 11) is 0. The predicted octanol–water partition coefficient (Wildman–Crippen LogP) is 2.65. The molecule has 1 saturated heterocycles. The summed E-state index contributed by atoms with van der Waals surface area (Å²) in [6.07, 6.45) is 5.39. The monoisotopic (exact) mass is 365 g/mol. The molecule has 1 aromatic rings. The number of esters is 1. The van der Waals surface area contributed by atoms with Gasteiger partial charge in [-0.25, -0.2) is 4.79 Å². The molecule has 5 nitrogen and oxygen atoms in total. The zero-order valence-electron chi connectivity index (χ0n) is 15.7. The number of amides is 2. The molecule has 6 rings (SSSR count). The Morgan fingerprint density at radius 3 is 2.07 bits per heavy atom. The number of carbonyl (C=O) groups is 3. The van der Waals surface area contributed by atoms with E-state index in [1.54, 1.807) is 6.92 Å². The number of para-hydroxylation sites is 1. The van der Waals surface area contributed by atoms with Gasteiger partial charge in [0.15, 0.2) is 0 Å². The van der Waals surface area contributed by atoms with E-state index >= 15 is 0 Å². The first-order valence-corrected chi connectivity index (χ1v) is 9.73. The van der Waals surface area contributed by atoms with E-state index in [9.17, 15) is 14.4 Å². The van der Waals surface area contributed by atoms with E-state index in [2.05, 4.69) is 12.2 Å². The fourth-order valence-electron chi connectivity index (χ4n) is 5.61. The molecule has 2 saturated carbocycles. The normalized spacial score (nSPS) is 36.5. The highest BCUT2D eigenvalue weighted by Gasteiger charge is 2.67. The third-order valence-electron chi connectivity index (χ3n) is 7.04. The van der Waals surface area contributed by atoms with Crippen molar-refractivity contribution in [2.75, 3.05) is 0 Å². The third-order valence-corrected chi connectivity index (χ3v) is 7.04. The zero-order chi connectivity index (χ0) is 19.0. The summed E-state index contributed by atoms with van der Waals surface area (Å²) >= 11 is 0. The molecule has 3 fully saturated rings. The average molecular weight is 365 g/mol. The van der Waals surface area contributed by atoms with Crippen LogP contribution in [0.3, 0.4) is 0 Å². The summed E-state index contributed by atoms with van der Waals surface area (Å²) in [6.45, 7) is 5.34. The first kappa shape index (κ1) is 16.7. The van der Waals surface area contributed by atoms with Crippen LogP contribution >= 0.6 is 0 Å². The van der Waals surface area contributed by atoms with E-state index < -0.39 is 12.0 Å². The molecule has 1 heterocycles. The van der Waals surface area contributed by atoms with E-state index in [0.717, 1.165) is 17.5 Å². The molecule has 5 heteroatoms. The van der Waals surface area contributed by atoms with Crippen LogP contribution in [0.5, 0.6) is 5.75 Å². The summed E-state index contributed by atoms with van der Waals surface area (Å²) in [6, 6.07) is 4.73. The lowest BCUT2D eigenvalue weighted by Crippen LogP contribution is -2.45. The molecule has 1 aliphatic heterocycles. The van der Waals surface area contributed by atoms with Crippen LogP contribution in [0, 0.1) is 49.4 Å². The summed E-state index contributed by atoms with van der Waals surface area (Å²) in [4.78, 5) is 40.2. The SMILES string of the molecule is Cc1cccc(C)c1OC(=O)[C@@H](C)N1C(=O)[C@H]2[C@@H]3C=C[C@H]([C@@H]4C[C@H]34)[C@@H]2C1=O. The van der Waals surface area contributed by atoms with Crippen molar-refractivity contribution in [3.8, 4) is 5.75 Å². The number of hydrogen-bond acceptors (Lipinski definition) is 4. The smallest absolute Gasteiger partial charge is 0.334 e. The molecule has 140 valence electrons. The topological polar surface area (TPSA) is 63.7 Å². The first-order chi connectivity index (χ1) is 12.9. The Morgan fingerprint density at radius 2 is 1.56 bits per heavy atom. The second kappa shape index (κ2) is 5.54. The number of aryl methyl sites for hydroxylation is 2. The highest BCUT2D eigenvalue weighted by molar-refractivity contribution is 6.08. The van der Waals surface area contributed by atoms with Crippen molar-refractivity contribution in [3.05, 3.63) is 41.5 Å². The van der Waals surface area contributed by atoms with Gasteiger partial charge in [0.05, 0.1) is 11.8 Å². The van der Waals surface area contributed by atoms with Crippen molar-refractivity contribution in [1.82, 2.24) is 4.90 Å². The van der Waals surface area contributed by atoms with Gasteiger partial charge < -0.3 is 4.74 Å². The van der Waals surface area contributed by atoms with E-state index in [1.165, 1.54) is 4.90 Å². The fraction of sp³-hybridized carbons (Fsp3) is 0.500. The standard InChI is InChI=1S/C22H23NO4/c1-10-5-4-6-11(2)19(10)27-22(26)12(3)23-20(24)17-13-7-8-14(16-9-15(13)16)18(17)21(23)25/h4-8,12-18H,9H2,1-3H3/t12-,13-,14-,15-,16+,17+,18+/m1/s1. The maximum absolute atomic E-state index is 13.1. The molecule has 2 bridgehead atoms. The average Bonchev–Trinajstić information content (AvgIpc) is 3.42. The summed E-state index contributed by atoms with van der Waals surface area (Å²) in [5.41, 5.74) is 1.70. The second-order valence-electron chi connectivity index (χ2n) is 8.52. The number of likely N-dealkylation sites (tertiary alicyclic amines) is 1. The summed E-state index contributed by atoms with van der Waals surface area (Å²) in [5.74, 6) is 0.415. The van der Waals surface area contributed by atoms with Crippen molar-refractivity contribution in [3.63, 3.8) is 0 Å². The summed E-state index contributed by atoms with van der Waals surface area (Å²) < 4.78 is 5.60. The Kier molecular flexibility index (Phi) is 3.43. The van der Waals surface area contributed by atoms with Gasteiger partial charge in [0.2, 0.25) is 11.8 Å². The molecular formula is C22H23NO4. The minimum absolute atomic E-state index is 0.160. The van der Waals surface area contributed by atoms with E-state index in [0.29, 0.717) is 17.6 Å².